The van der Waals surface area contributed by atoms with E-state index in [1.807, 2.05) is 6.07 Å². The SMILES string of the molecule is CCOP(=O)(CC(=O)N(CCC(=O)c1c(Br)ccc(Cl)c1F)C(Cc1ccccc1)C(=O)OC(C)(C)C)OCC. The first-order valence-electron chi connectivity index (χ1n) is 12.8. The Morgan fingerprint density at radius 1 is 1.05 bits per heavy atom. The van der Waals surface area contributed by atoms with Gasteiger partial charge in [0.25, 0.3) is 0 Å². The number of benzene rings is 2. The van der Waals surface area contributed by atoms with Crippen molar-refractivity contribution in [1.82, 2.24) is 4.90 Å². The second-order valence-electron chi connectivity index (χ2n) is 9.82. The largest absolute Gasteiger partial charge is 0.458 e. The van der Waals surface area contributed by atoms with E-state index in [2.05, 4.69) is 15.9 Å². The lowest BCUT2D eigenvalue weighted by molar-refractivity contribution is -0.164. The number of rotatable bonds is 14. The number of carbonyl (C=O) groups excluding carboxylic acids is 3. The molecule has 1 amide bonds. The van der Waals surface area contributed by atoms with E-state index in [-0.39, 0.29) is 47.7 Å². The van der Waals surface area contributed by atoms with Gasteiger partial charge in [0.1, 0.15) is 17.8 Å². The molecule has 0 bridgehead atoms. The molecule has 40 heavy (non-hydrogen) atoms. The Kier molecular flexibility index (Phi) is 13.0. The number of hydrogen-bond donors (Lipinski definition) is 0. The third kappa shape index (κ3) is 10.1. The number of carbonyl (C=O) groups is 3. The molecule has 0 aliphatic rings. The highest BCUT2D eigenvalue weighted by Crippen LogP contribution is 2.48. The van der Waals surface area contributed by atoms with Crippen LogP contribution in [0, 0.1) is 5.82 Å². The molecule has 0 heterocycles. The van der Waals surface area contributed by atoms with Crippen LogP contribution in [-0.2, 0) is 34.4 Å². The molecule has 0 aliphatic heterocycles. The third-order valence-corrected chi connectivity index (χ3v) is 8.44. The average Bonchev–Trinajstić information content (AvgIpc) is 2.85. The van der Waals surface area contributed by atoms with Crippen molar-refractivity contribution < 1.29 is 37.1 Å². The van der Waals surface area contributed by atoms with Gasteiger partial charge in [0.15, 0.2) is 11.6 Å². The summed E-state index contributed by atoms with van der Waals surface area (Å²) in [5, 5.41) is -0.232. The Bertz CT molecular complexity index is 1230. The van der Waals surface area contributed by atoms with Gasteiger partial charge in [-0.3, -0.25) is 14.2 Å². The van der Waals surface area contributed by atoms with Crippen LogP contribution < -0.4 is 0 Å². The maximum absolute atomic E-state index is 14.7. The molecule has 1 unspecified atom stereocenters. The average molecular weight is 663 g/mol. The molecule has 0 aliphatic carbocycles. The summed E-state index contributed by atoms with van der Waals surface area (Å²) in [6, 6.07) is 10.5. The molecule has 12 heteroatoms. The van der Waals surface area contributed by atoms with Gasteiger partial charge in [0, 0.05) is 23.9 Å². The summed E-state index contributed by atoms with van der Waals surface area (Å²) in [7, 11) is -3.86. The molecule has 0 fully saturated rings. The van der Waals surface area contributed by atoms with Crippen molar-refractivity contribution in [3.05, 3.63) is 68.9 Å². The zero-order chi connectivity index (χ0) is 30.1. The van der Waals surface area contributed by atoms with Crippen molar-refractivity contribution in [2.75, 3.05) is 25.9 Å². The van der Waals surface area contributed by atoms with Gasteiger partial charge in [-0.2, -0.15) is 0 Å². The maximum Gasteiger partial charge on any atom is 0.340 e. The molecule has 0 N–H and O–H groups in total. The monoisotopic (exact) mass is 661 g/mol. The Morgan fingerprint density at radius 3 is 2.20 bits per heavy atom. The van der Waals surface area contributed by atoms with Crippen LogP contribution in [0.25, 0.3) is 0 Å². The zero-order valence-electron chi connectivity index (χ0n) is 23.2. The molecule has 220 valence electrons. The predicted molar refractivity (Wildman–Crippen MR) is 155 cm³/mol. The van der Waals surface area contributed by atoms with E-state index in [4.69, 9.17) is 25.4 Å². The fourth-order valence-electron chi connectivity index (χ4n) is 3.89. The second-order valence-corrected chi connectivity index (χ2v) is 13.1. The standard InChI is InChI=1S/C28H35BrClFNO7P/c1-6-37-40(36,38-7-2)18-24(34)32(16-15-23(33)25-20(29)13-14-21(30)26(25)31)22(27(35)39-28(3,4)5)17-19-11-9-8-10-12-19/h8-14,22H,6-7,15-18H2,1-5H3. The predicted octanol–water partition coefficient (Wildman–Crippen LogP) is 6.86. The van der Waals surface area contributed by atoms with Crippen molar-refractivity contribution >= 4 is 52.8 Å². The molecular formula is C28H35BrClFNO7P. The number of esters is 1. The lowest BCUT2D eigenvalue weighted by Gasteiger charge is -2.33. The Morgan fingerprint density at radius 2 is 1.65 bits per heavy atom. The Hall–Kier alpha value is -2.10. The van der Waals surface area contributed by atoms with Crippen molar-refractivity contribution in [3.63, 3.8) is 0 Å². The number of nitrogens with zero attached hydrogens (tertiary/aromatic N) is 1. The summed E-state index contributed by atoms with van der Waals surface area (Å²) in [6.45, 7) is 8.07. The lowest BCUT2D eigenvalue weighted by Crippen LogP contribution is -2.50. The van der Waals surface area contributed by atoms with Crippen LogP contribution in [0.5, 0.6) is 0 Å². The maximum atomic E-state index is 14.7. The second kappa shape index (κ2) is 15.2. The number of ketones is 1. The Labute approximate surface area is 248 Å². The number of amides is 1. The molecule has 0 aromatic heterocycles. The van der Waals surface area contributed by atoms with Crippen LogP contribution >= 0.6 is 35.1 Å². The minimum atomic E-state index is -3.86. The van der Waals surface area contributed by atoms with Crippen LogP contribution in [0.15, 0.2) is 46.9 Å². The fraction of sp³-hybridized carbons (Fsp3) is 0.464. The normalized spacial score (nSPS) is 12.6. The van der Waals surface area contributed by atoms with E-state index < -0.39 is 48.9 Å². The first-order chi connectivity index (χ1) is 18.7. The number of Topliss-reactive ketones (excluding diaryl/α,β-unsaturated/α-hetero) is 1. The molecule has 1 atom stereocenters. The summed E-state index contributed by atoms with van der Waals surface area (Å²) in [4.78, 5) is 41.5. The molecule has 0 radical (unpaired) electrons. The molecule has 0 spiro atoms. The van der Waals surface area contributed by atoms with E-state index in [1.165, 1.54) is 12.1 Å². The van der Waals surface area contributed by atoms with Crippen LogP contribution in [0.3, 0.4) is 0 Å². The van der Waals surface area contributed by atoms with E-state index in [0.717, 1.165) is 10.5 Å². The summed E-state index contributed by atoms with van der Waals surface area (Å²) in [5.74, 6) is -3.00. The van der Waals surface area contributed by atoms with Crippen molar-refractivity contribution in [2.24, 2.45) is 0 Å². The van der Waals surface area contributed by atoms with Crippen molar-refractivity contribution in [2.45, 2.75) is 59.1 Å². The zero-order valence-corrected chi connectivity index (χ0v) is 26.5. The van der Waals surface area contributed by atoms with Gasteiger partial charge in [-0.15, -0.1) is 0 Å². The van der Waals surface area contributed by atoms with Crippen LogP contribution in [0.4, 0.5) is 4.39 Å². The highest BCUT2D eigenvalue weighted by Gasteiger charge is 2.38. The first kappa shape index (κ1) is 34.1. The highest BCUT2D eigenvalue weighted by atomic mass is 79.9. The number of halogens is 3. The minimum Gasteiger partial charge on any atom is -0.458 e. The summed E-state index contributed by atoms with van der Waals surface area (Å²) >= 11 is 9.06. The molecule has 2 rings (SSSR count). The summed E-state index contributed by atoms with van der Waals surface area (Å²) < 4.78 is 44.4. The lowest BCUT2D eigenvalue weighted by atomic mass is 10.0. The molecule has 8 nitrogen and oxygen atoms in total. The van der Waals surface area contributed by atoms with E-state index in [0.29, 0.717) is 0 Å². The number of hydrogen-bond acceptors (Lipinski definition) is 7. The van der Waals surface area contributed by atoms with Gasteiger partial charge < -0.3 is 18.7 Å². The number of ether oxygens (including phenoxy) is 1. The van der Waals surface area contributed by atoms with Crippen molar-refractivity contribution in [3.8, 4) is 0 Å². The van der Waals surface area contributed by atoms with E-state index in [9.17, 15) is 23.3 Å². The van der Waals surface area contributed by atoms with E-state index in [1.54, 1.807) is 58.9 Å². The summed E-state index contributed by atoms with van der Waals surface area (Å²) in [5.41, 5.74) is -0.424. The summed E-state index contributed by atoms with van der Waals surface area (Å²) in [6.07, 6.45) is -0.964. The molecule has 2 aromatic rings. The highest BCUT2D eigenvalue weighted by molar-refractivity contribution is 9.10. The van der Waals surface area contributed by atoms with Gasteiger partial charge >= 0.3 is 13.6 Å². The molecule has 0 saturated heterocycles. The van der Waals surface area contributed by atoms with Gasteiger partial charge in [-0.05, 0) is 68.2 Å². The van der Waals surface area contributed by atoms with Crippen LogP contribution in [-0.4, -0.2) is 60.1 Å². The van der Waals surface area contributed by atoms with E-state index >= 15 is 0 Å². The topological polar surface area (TPSA) is 99.2 Å². The molecule has 2 aromatic carbocycles. The first-order valence-corrected chi connectivity index (χ1v) is 15.7. The quantitative estimate of drug-likeness (QED) is 0.0943. The minimum absolute atomic E-state index is 0.0324. The molecule has 0 saturated carbocycles. The van der Waals surface area contributed by atoms with Gasteiger partial charge in [0.2, 0.25) is 5.91 Å². The van der Waals surface area contributed by atoms with Crippen LogP contribution in [0.1, 0.15) is 57.0 Å². The fourth-order valence-corrected chi connectivity index (χ4v) is 6.13. The van der Waals surface area contributed by atoms with Gasteiger partial charge in [0.05, 0.1) is 23.8 Å². The smallest absolute Gasteiger partial charge is 0.340 e. The van der Waals surface area contributed by atoms with Gasteiger partial charge in [-0.25, -0.2) is 9.18 Å². The van der Waals surface area contributed by atoms with Crippen LogP contribution in [0.2, 0.25) is 5.02 Å². The third-order valence-electron chi connectivity index (χ3n) is 5.53. The van der Waals surface area contributed by atoms with Crippen molar-refractivity contribution in [1.29, 1.82) is 0 Å². The van der Waals surface area contributed by atoms with Gasteiger partial charge in [-0.1, -0.05) is 41.9 Å². The Balaban J connectivity index is 2.51. The molecular weight excluding hydrogens is 628 g/mol.